The van der Waals surface area contributed by atoms with Crippen molar-refractivity contribution in [2.75, 3.05) is 13.7 Å². The van der Waals surface area contributed by atoms with Crippen molar-refractivity contribution < 1.29 is 28.5 Å². The molecule has 0 aliphatic carbocycles. The minimum Gasteiger partial charge on any atom is -0.496 e. The largest absolute Gasteiger partial charge is 0.496 e. The third kappa shape index (κ3) is 6.58. The second-order valence-electron chi connectivity index (χ2n) is 8.46. The van der Waals surface area contributed by atoms with Gasteiger partial charge in [0.15, 0.2) is 0 Å². The van der Waals surface area contributed by atoms with Crippen molar-refractivity contribution >= 4 is 11.9 Å². The first-order valence-corrected chi connectivity index (χ1v) is 11.5. The molecule has 0 spiro atoms. The van der Waals surface area contributed by atoms with Crippen LogP contribution < -0.4 is 4.74 Å². The van der Waals surface area contributed by atoms with Crippen molar-refractivity contribution in [3.8, 4) is 11.8 Å². The van der Waals surface area contributed by atoms with Crippen molar-refractivity contribution in [2.24, 2.45) is 0 Å². The maximum Gasteiger partial charge on any atom is 0.302 e. The molecule has 0 aromatic heterocycles. The van der Waals surface area contributed by atoms with E-state index >= 15 is 0 Å². The molecule has 180 valence electrons. The molecule has 7 heteroatoms. The van der Waals surface area contributed by atoms with Gasteiger partial charge in [-0.15, -0.1) is 0 Å². The van der Waals surface area contributed by atoms with Gasteiger partial charge in [-0.1, -0.05) is 31.2 Å². The molecule has 0 radical (unpaired) electrons. The number of methoxy groups -OCH3 is 1. The predicted molar refractivity (Wildman–Crippen MR) is 125 cm³/mol. The van der Waals surface area contributed by atoms with Gasteiger partial charge in [0, 0.05) is 32.3 Å². The molecule has 0 bridgehead atoms. The average Bonchev–Trinajstić information content (AvgIpc) is 2.82. The van der Waals surface area contributed by atoms with Crippen LogP contribution in [0.1, 0.15) is 67.5 Å². The monoisotopic (exact) mass is 465 g/mol. The summed E-state index contributed by atoms with van der Waals surface area (Å²) in [6.45, 7) is 4.89. The molecule has 2 aromatic carbocycles. The number of benzene rings is 2. The quantitative estimate of drug-likeness (QED) is 0.532. The van der Waals surface area contributed by atoms with E-state index in [9.17, 15) is 14.9 Å². The fourth-order valence-corrected chi connectivity index (χ4v) is 4.26. The smallest absolute Gasteiger partial charge is 0.302 e. The molecule has 1 aliphatic heterocycles. The van der Waals surface area contributed by atoms with Crippen LogP contribution in [0.15, 0.2) is 36.4 Å². The van der Waals surface area contributed by atoms with Crippen LogP contribution in [0, 0.1) is 11.3 Å². The summed E-state index contributed by atoms with van der Waals surface area (Å²) in [7, 11) is 1.55. The Hall–Kier alpha value is -3.37. The lowest BCUT2D eigenvalue weighted by molar-refractivity contribution is -0.169. The highest BCUT2D eigenvalue weighted by atomic mass is 16.6. The summed E-state index contributed by atoms with van der Waals surface area (Å²) in [5, 5.41) is 9.76. The third-order valence-electron chi connectivity index (χ3n) is 5.91. The van der Waals surface area contributed by atoms with Gasteiger partial charge >= 0.3 is 11.9 Å². The second-order valence-corrected chi connectivity index (χ2v) is 8.46. The van der Waals surface area contributed by atoms with Crippen LogP contribution in [-0.2, 0) is 36.6 Å². The average molecular weight is 466 g/mol. The lowest BCUT2D eigenvalue weighted by Crippen LogP contribution is -2.37. The molecule has 2 aromatic rings. The van der Waals surface area contributed by atoms with Gasteiger partial charge in [-0.05, 0) is 41.7 Å². The van der Waals surface area contributed by atoms with E-state index < -0.39 is 18.2 Å². The van der Waals surface area contributed by atoms with E-state index in [0.29, 0.717) is 30.6 Å². The van der Waals surface area contributed by atoms with Gasteiger partial charge in [-0.2, -0.15) is 5.26 Å². The zero-order valence-electron chi connectivity index (χ0n) is 20.1. The van der Waals surface area contributed by atoms with E-state index in [-0.39, 0.29) is 18.7 Å². The standard InChI is InChI=1S/C27H31NO6/c1-5-19-6-8-20(9-7-19)10-21-11-25(26(31-4)12-22(21)15-28)27-14-23(33-18(3)30)13-24(34-27)16-32-17(2)29/h6-9,11-12,23-24,27H,5,10,13-14,16H2,1-4H3/t23-,24-,27+/m0/s1. The molecule has 0 saturated carbocycles. The Balaban J connectivity index is 1.94. The first-order valence-electron chi connectivity index (χ1n) is 11.5. The minimum atomic E-state index is -0.456. The molecule has 1 heterocycles. The number of esters is 2. The number of hydrogen-bond acceptors (Lipinski definition) is 7. The lowest BCUT2D eigenvalue weighted by Gasteiger charge is -2.35. The topological polar surface area (TPSA) is 94.8 Å². The van der Waals surface area contributed by atoms with Crippen molar-refractivity contribution in [3.05, 3.63) is 64.2 Å². The Bertz CT molecular complexity index is 1060. The van der Waals surface area contributed by atoms with Gasteiger partial charge in [0.25, 0.3) is 0 Å². The summed E-state index contributed by atoms with van der Waals surface area (Å²) in [5.74, 6) is -0.247. The maximum atomic E-state index is 11.6. The number of nitriles is 1. The Morgan fingerprint density at radius 3 is 2.38 bits per heavy atom. The number of carbonyl (C=O) groups excluding carboxylic acids is 2. The van der Waals surface area contributed by atoms with Gasteiger partial charge in [-0.25, -0.2) is 0 Å². The van der Waals surface area contributed by atoms with Gasteiger partial charge in [0.2, 0.25) is 0 Å². The molecule has 3 rings (SSSR count). The summed E-state index contributed by atoms with van der Waals surface area (Å²) in [6.07, 6.45) is 1.14. The fraction of sp³-hybridized carbons (Fsp3) is 0.444. The molecular weight excluding hydrogens is 434 g/mol. The Morgan fingerprint density at radius 1 is 1.09 bits per heavy atom. The van der Waals surface area contributed by atoms with Crippen LogP contribution in [0.2, 0.25) is 0 Å². The van der Waals surface area contributed by atoms with Crippen molar-refractivity contribution in [2.45, 2.75) is 64.8 Å². The maximum absolute atomic E-state index is 11.6. The fourth-order valence-electron chi connectivity index (χ4n) is 4.26. The molecule has 0 amide bonds. The third-order valence-corrected chi connectivity index (χ3v) is 5.91. The number of nitrogens with zero attached hydrogens (tertiary/aromatic N) is 1. The zero-order valence-corrected chi connectivity index (χ0v) is 20.1. The van der Waals surface area contributed by atoms with Crippen LogP contribution in [0.25, 0.3) is 0 Å². The van der Waals surface area contributed by atoms with E-state index in [2.05, 4.69) is 37.3 Å². The molecule has 1 fully saturated rings. The lowest BCUT2D eigenvalue weighted by atomic mass is 9.91. The molecular formula is C27H31NO6. The van der Waals surface area contributed by atoms with Crippen LogP contribution in [0.4, 0.5) is 0 Å². The highest BCUT2D eigenvalue weighted by Gasteiger charge is 2.34. The zero-order chi connectivity index (χ0) is 24.7. The van der Waals surface area contributed by atoms with Crippen molar-refractivity contribution in [3.63, 3.8) is 0 Å². The number of aryl methyl sites for hydroxylation is 1. The number of carbonyl (C=O) groups is 2. The Kier molecular flexibility index (Phi) is 8.67. The normalized spacial score (nSPS) is 19.7. The van der Waals surface area contributed by atoms with Gasteiger partial charge in [0.1, 0.15) is 18.5 Å². The first kappa shape index (κ1) is 25.3. The van der Waals surface area contributed by atoms with Gasteiger partial charge in [-0.3, -0.25) is 9.59 Å². The van der Waals surface area contributed by atoms with E-state index in [1.807, 2.05) is 6.07 Å². The van der Waals surface area contributed by atoms with Gasteiger partial charge < -0.3 is 18.9 Å². The summed E-state index contributed by atoms with van der Waals surface area (Å²) >= 11 is 0. The minimum absolute atomic E-state index is 0.0683. The Morgan fingerprint density at radius 2 is 1.79 bits per heavy atom. The summed E-state index contributed by atoms with van der Waals surface area (Å²) < 4.78 is 22.5. The van der Waals surface area contributed by atoms with Crippen LogP contribution in [-0.4, -0.2) is 37.9 Å². The Labute approximate surface area is 200 Å². The highest BCUT2D eigenvalue weighted by Crippen LogP contribution is 2.39. The predicted octanol–water partition coefficient (Wildman–Crippen LogP) is 4.43. The summed E-state index contributed by atoms with van der Waals surface area (Å²) in [6, 6.07) is 14.3. The SMILES string of the molecule is CCc1ccc(Cc2cc([C@H]3C[C@@H](OC(C)=O)C[C@@H](COC(C)=O)O3)c(OC)cc2C#N)cc1. The highest BCUT2D eigenvalue weighted by molar-refractivity contribution is 5.66. The number of hydrogen-bond donors (Lipinski definition) is 0. The van der Waals surface area contributed by atoms with Crippen LogP contribution in [0.5, 0.6) is 5.75 Å². The molecule has 34 heavy (non-hydrogen) atoms. The summed E-state index contributed by atoms with van der Waals surface area (Å²) in [5.41, 5.74) is 4.51. The number of rotatable bonds is 8. The molecule has 3 atom stereocenters. The summed E-state index contributed by atoms with van der Waals surface area (Å²) in [4.78, 5) is 22.9. The first-order chi connectivity index (χ1) is 16.3. The van der Waals surface area contributed by atoms with Crippen LogP contribution in [0.3, 0.4) is 0 Å². The molecule has 1 saturated heterocycles. The van der Waals surface area contributed by atoms with Crippen LogP contribution >= 0.6 is 0 Å². The second kappa shape index (κ2) is 11.7. The number of ether oxygens (including phenoxy) is 4. The van der Waals surface area contributed by atoms with Gasteiger partial charge in [0.05, 0.1) is 31.0 Å². The molecule has 0 N–H and O–H groups in total. The van der Waals surface area contributed by atoms with E-state index in [1.54, 1.807) is 13.2 Å². The van der Waals surface area contributed by atoms with E-state index in [0.717, 1.165) is 23.1 Å². The molecule has 0 unspecified atom stereocenters. The van der Waals surface area contributed by atoms with E-state index in [4.69, 9.17) is 18.9 Å². The van der Waals surface area contributed by atoms with Crippen molar-refractivity contribution in [1.29, 1.82) is 5.26 Å². The molecule has 7 nitrogen and oxygen atoms in total. The van der Waals surface area contributed by atoms with Crippen molar-refractivity contribution in [1.82, 2.24) is 0 Å². The molecule has 1 aliphatic rings. The van der Waals surface area contributed by atoms with E-state index in [1.165, 1.54) is 19.4 Å².